The number of nitrogen functional groups attached to an aromatic ring is 2. The summed E-state index contributed by atoms with van der Waals surface area (Å²) in [5.41, 5.74) is 13.8. The molecule has 4 N–H and O–H groups in total. The van der Waals surface area contributed by atoms with Crippen LogP contribution in [0.25, 0.3) is 10.9 Å². The molecule has 0 aromatic carbocycles. The lowest BCUT2D eigenvalue weighted by molar-refractivity contribution is 0.111. The number of pyridine rings is 1. The number of rotatable bonds is 2. The average Bonchev–Trinajstić information content (AvgIpc) is 2.81. The molecule has 0 aliphatic carbocycles. The molecule has 2 aromatic rings. The number of nitrogens with two attached hydrogens (primary N) is 2. The van der Waals surface area contributed by atoms with Gasteiger partial charge in [-0.2, -0.15) is 0 Å². The third-order valence-corrected chi connectivity index (χ3v) is 3.17. The van der Waals surface area contributed by atoms with Crippen LogP contribution in [0.4, 0.5) is 11.6 Å². The maximum atomic E-state index is 5.96. The Morgan fingerprint density at radius 1 is 1.28 bits per heavy atom. The van der Waals surface area contributed by atoms with Gasteiger partial charge in [-0.3, -0.25) is 4.98 Å². The van der Waals surface area contributed by atoms with E-state index in [1.54, 1.807) is 12.4 Å². The van der Waals surface area contributed by atoms with Crippen LogP contribution in [-0.2, 0) is 11.2 Å². The minimum Gasteiger partial charge on any atom is -0.397 e. The second-order valence-corrected chi connectivity index (χ2v) is 4.49. The van der Waals surface area contributed by atoms with E-state index < -0.39 is 0 Å². The van der Waals surface area contributed by atoms with Crippen LogP contribution in [0.1, 0.15) is 18.5 Å². The molecule has 1 fully saturated rings. The van der Waals surface area contributed by atoms with Gasteiger partial charge in [-0.1, -0.05) is 0 Å². The Labute approximate surface area is 104 Å². The fraction of sp³-hybridized carbons (Fsp3) is 0.417. The number of hydrogen-bond donors (Lipinski definition) is 2. The first-order valence-corrected chi connectivity index (χ1v) is 6.01. The summed E-state index contributed by atoms with van der Waals surface area (Å²) in [6.07, 6.45) is 6.34. The molecule has 3 rings (SSSR count). The molecule has 6 nitrogen and oxygen atoms in total. The molecule has 18 heavy (non-hydrogen) atoms. The molecule has 1 saturated heterocycles. The zero-order chi connectivity index (χ0) is 12.5. The molecule has 1 aliphatic heterocycles. The van der Waals surface area contributed by atoms with E-state index >= 15 is 0 Å². The maximum Gasteiger partial charge on any atom is 0.220 e. The molecule has 94 valence electrons. The molecule has 1 atom stereocenters. The average molecular weight is 245 g/mol. The van der Waals surface area contributed by atoms with Gasteiger partial charge in [0.1, 0.15) is 0 Å². The summed E-state index contributed by atoms with van der Waals surface area (Å²) in [4.78, 5) is 12.5. The molecule has 0 radical (unpaired) electrons. The number of aromatic nitrogens is 3. The van der Waals surface area contributed by atoms with Crippen molar-refractivity contribution < 1.29 is 4.74 Å². The summed E-state index contributed by atoms with van der Waals surface area (Å²) >= 11 is 0. The third kappa shape index (κ3) is 1.95. The highest BCUT2D eigenvalue weighted by atomic mass is 16.5. The van der Waals surface area contributed by atoms with Crippen LogP contribution in [0, 0.1) is 0 Å². The summed E-state index contributed by atoms with van der Waals surface area (Å²) in [6.45, 7) is 0.820. The molecule has 1 unspecified atom stereocenters. The normalized spacial score (nSPS) is 19.4. The third-order valence-electron chi connectivity index (χ3n) is 3.17. The summed E-state index contributed by atoms with van der Waals surface area (Å²) in [5.74, 6) is 0.253. The van der Waals surface area contributed by atoms with Crippen LogP contribution in [0.3, 0.4) is 0 Å². The first-order valence-electron chi connectivity index (χ1n) is 6.01. The van der Waals surface area contributed by atoms with Crippen molar-refractivity contribution in [2.24, 2.45) is 0 Å². The van der Waals surface area contributed by atoms with Gasteiger partial charge in [0.15, 0.2) is 0 Å². The molecule has 1 aliphatic rings. The Morgan fingerprint density at radius 2 is 2.17 bits per heavy atom. The minimum absolute atomic E-state index is 0.204. The van der Waals surface area contributed by atoms with Crippen molar-refractivity contribution >= 4 is 22.5 Å². The first kappa shape index (κ1) is 11.2. The predicted molar refractivity (Wildman–Crippen MR) is 68.8 cm³/mol. The van der Waals surface area contributed by atoms with Gasteiger partial charge in [0.25, 0.3) is 0 Å². The van der Waals surface area contributed by atoms with Crippen LogP contribution in [0.2, 0.25) is 0 Å². The molecular formula is C12H15N5O. The lowest BCUT2D eigenvalue weighted by atomic mass is 10.1. The second kappa shape index (κ2) is 4.38. The SMILES string of the molecule is Nc1nc(CC2CCCO2)c2c(N)cncc2n1. The second-order valence-electron chi connectivity index (χ2n) is 4.49. The number of anilines is 2. The highest BCUT2D eigenvalue weighted by Gasteiger charge is 2.19. The summed E-state index contributed by atoms with van der Waals surface area (Å²) < 4.78 is 5.63. The number of ether oxygens (including phenoxy) is 1. The molecule has 6 heteroatoms. The van der Waals surface area contributed by atoms with E-state index in [2.05, 4.69) is 15.0 Å². The predicted octanol–water partition coefficient (Wildman–Crippen LogP) is 0.911. The lowest BCUT2D eigenvalue weighted by Crippen LogP contribution is -2.12. The van der Waals surface area contributed by atoms with Crippen LogP contribution in [0.5, 0.6) is 0 Å². The van der Waals surface area contributed by atoms with Crippen molar-refractivity contribution in [3.8, 4) is 0 Å². The van der Waals surface area contributed by atoms with Crippen molar-refractivity contribution in [1.29, 1.82) is 0 Å². The highest BCUT2D eigenvalue weighted by molar-refractivity contribution is 5.91. The van der Waals surface area contributed by atoms with Crippen molar-refractivity contribution in [3.63, 3.8) is 0 Å². The molecule has 0 spiro atoms. The standard InChI is InChI=1S/C12H15N5O/c13-8-5-15-6-10-11(8)9(16-12(14)17-10)4-7-2-1-3-18-7/h5-7H,1-4,13H2,(H2,14,16,17). The van der Waals surface area contributed by atoms with Crippen LogP contribution in [0.15, 0.2) is 12.4 Å². The van der Waals surface area contributed by atoms with Gasteiger partial charge in [-0.25, -0.2) is 9.97 Å². The maximum absolute atomic E-state index is 5.96. The van der Waals surface area contributed by atoms with Crippen molar-refractivity contribution in [2.45, 2.75) is 25.4 Å². The number of fused-ring (bicyclic) bond motifs is 1. The van der Waals surface area contributed by atoms with Crippen LogP contribution < -0.4 is 11.5 Å². The molecule has 3 heterocycles. The highest BCUT2D eigenvalue weighted by Crippen LogP contribution is 2.25. The van der Waals surface area contributed by atoms with Gasteiger partial charge in [-0.05, 0) is 12.8 Å². The molecule has 2 aromatic heterocycles. The smallest absolute Gasteiger partial charge is 0.220 e. The van der Waals surface area contributed by atoms with Crippen molar-refractivity contribution in [1.82, 2.24) is 15.0 Å². The molecule has 0 amide bonds. The zero-order valence-corrected chi connectivity index (χ0v) is 9.97. The Morgan fingerprint density at radius 3 is 2.94 bits per heavy atom. The largest absolute Gasteiger partial charge is 0.397 e. The first-order chi connectivity index (χ1) is 8.74. The summed E-state index contributed by atoms with van der Waals surface area (Å²) in [6, 6.07) is 0. The fourth-order valence-corrected chi connectivity index (χ4v) is 2.38. The Kier molecular flexibility index (Phi) is 2.71. The topological polar surface area (TPSA) is 99.9 Å². The van der Waals surface area contributed by atoms with Crippen molar-refractivity contribution in [3.05, 3.63) is 18.1 Å². The van der Waals surface area contributed by atoms with Gasteiger partial charge < -0.3 is 16.2 Å². The van der Waals surface area contributed by atoms with Crippen LogP contribution in [-0.4, -0.2) is 27.7 Å². The fourth-order valence-electron chi connectivity index (χ4n) is 2.38. The molecular weight excluding hydrogens is 230 g/mol. The number of nitrogens with zero attached hydrogens (tertiary/aromatic N) is 3. The van der Waals surface area contributed by atoms with Gasteiger partial charge in [0.2, 0.25) is 5.95 Å². The van der Waals surface area contributed by atoms with E-state index in [1.165, 1.54) is 0 Å². The molecule has 0 saturated carbocycles. The Balaban J connectivity index is 2.08. The monoisotopic (exact) mass is 245 g/mol. The Hall–Kier alpha value is -1.95. The van der Waals surface area contributed by atoms with E-state index in [0.29, 0.717) is 11.2 Å². The van der Waals surface area contributed by atoms with E-state index in [-0.39, 0.29) is 12.1 Å². The Bertz CT molecular complexity index is 580. The lowest BCUT2D eigenvalue weighted by Gasteiger charge is -2.12. The van der Waals surface area contributed by atoms with E-state index in [1.807, 2.05) is 0 Å². The van der Waals surface area contributed by atoms with Crippen LogP contribution >= 0.6 is 0 Å². The van der Waals surface area contributed by atoms with E-state index in [4.69, 9.17) is 16.2 Å². The van der Waals surface area contributed by atoms with Gasteiger partial charge >= 0.3 is 0 Å². The van der Waals surface area contributed by atoms with Crippen molar-refractivity contribution in [2.75, 3.05) is 18.1 Å². The molecule has 0 bridgehead atoms. The van der Waals surface area contributed by atoms with Gasteiger partial charge in [-0.15, -0.1) is 0 Å². The van der Waals surface area contributed by atoms with E-state index in [0.717, 1.165) is 36.9 Å². The zero-order valence-electron chi connectivity index (χ0n) is 9.97. The minimum atomic E-state index is 0.204. The van der Waals surface area contributed by atoms with Gasteiger partial charge in [0.05, 0.1) is 35.4 Å². The van der Waals surface area contributed by atoms with Gasteiger partial charge in [0, 0.05) is 18.4 Å². The van der Waals surface area contributed by atoms with E-state index in [9.17, 15) is 0 Å². The number of hydrogen-bond acceptors (Lipinski definition) is 6. The summed E-state index contributed by atoms with van der Waals surface area (Å²) in [5, 5.41) is 0.842. The quantitative estimate of drug-likeness (QED) is 0.815. The summed E-state index contributed by atoms with van der Waals surface area (Å²) in [7, 11) is 0.